The first-order valence-electron chi connectivity index (χ1n) is 8.74. The zero-order valence-corrected chi connectivity index (χ0v) is 17.3. The largest absolute Gasteiger partial charge is 0.493 e. The number of benzene rings is 1. The fourth-order valence-corrected chi connectivity index (χ4v) is 3.09. The van der Waals surface area contributed by atoms with Crippen molar-refractivity contribution >= 4 is 41.0 Å². The van der Waals surface area contributed by atoms with Gasteiger partial charge >= 0.3 is 0 Å². The zero-order chi connectivity index (χ0) is 19.6. The van der Waals surface area contributed by atoms with Gasteiger partial charge in [-0.3, -0.25) is 4.79 Å². The van der Waals surface area contributed by atoms with E-state index in [4.69, 9.17) is 19.9 Å². The van der Waals surface area contributed by atoms with Crippen molar-refractivity contribution in [3.63, 3.8) is 0 Å². The molecule has 10 heteroatoms. The van der Waals surface area contributed by atoms with Crippen molar-refractivity contribution in [3.05, 3.63) is 12.1 Å². The molecule has 1 aliphatic heterocycles. The van der Waals surface area contributed by atoms with Crippen LogP contribution in [0, 0.1) is 0 Å². The van der Waals surface area contributed by atoms with Gasteiger partial charge in [-0.05, 0) is 13.0 Å². The molecule has 0 aliphatic carbocycles. The number of amides is 1. The summed E-state index contributed by atoms with van der Waals surface area (Å²) in [5.41, 5.74) is 6.84. The molecule has 28 heavy (non-hydrogen) atoms. The molecular formula is C18H26ClN5O4. The number of carbonyl (C=O) groups is 1. The highest BCUT2D eigenvalue weighted by Gasteiger charge is 2.26. The van der Waals surface area contributed by atoms with Gasteiger partial charge in [0.2, 0.25) is 5.95 Å². The van der Waals surface area contributed by atoms with E-state index in [0.717, 1.165) is 0 Å². The summed E-state index contributed by atoms with van der Waals surface area (Å²) < 4.78 is 15.8. The highest BCUT2D eigenvalue weighted by atomic mass is 35.5. The second-order valence-corrected chi connectivity index (χ2v) is 6.32. The summed E-state index contributed by atoms with van der Waals surface area (Å²) in [6.45, 7) is 4.17. The van der Waals surface area contributed by atoms with Gasteiger partial charge < -0.3 is 29.7 Å². The quantitative estimate of drug-likeness (QED) is 0.786. The van der Waals surface area contributed by atoms with E-state index in [1.54, 1.807) is 38.2 Å². The molecule has 1 amide bonds. The number of aromatic nitrogens is 2. The summed E-state index contributed by atoms with van der Waals surface area (Å²) in [5.74, 6) is 2.07. The minimum absolute atomic E-state index is 0. The van der Waals surface area contributed by atoms with Gasteiger partial charge in [-0.15, -0.1) is 12.4 Å². The molecule has 2 N–H and O–H groups in total. The molecule has 2 heterocycles. The number of hydrogen-bond donors (Lipinski definition) is 1. The van der Waals surface area contributed by atoms with Crippen LogP contribution in [0.3, 0.4) is 0 Å². The number of ether oxygens (including phenoxy) is 3. The molecule has 0 saturated carbocycles. The lowest BCUT2D eigenvalue weighted by atomic mass is 10.2. The van der Waals surface area contributed by atoms with E-state index < -0.39 is 6.10 Å². The lowest BCUT2D eigenvalue weighted by Crippen LogP contribution is -2.51. The summed E-state index contributed by atoms with van der Waals surface area (Å²) in [6.07, 6.45) is -0.438. The molecule has 154 valence electrons. The Labute approximate surface area is 170 Å². The average molecular weight is 412 g/mol. The van der Waals surface area contributed by atoms with Crippen molar-refractivity contribution in [2.24, 2.45) is 0 Å². The van der Waals surface area contributed by atoms with Gasteiger partial charge in [-0.2, -0.15) is 4.98 Å². The SMILES string of the molecule is COc1cc2nc(N3CCN(C(=O)C(C)OC)CC3)nc(N)c2cc1OC.Cl. The van der Waals surface area contributed by atoms with E-state index in [0.29, 0.717) is 60.3 Å². The Hall–Kier alpha value is -2.52. The first kappa shape index (κ1) is 21.8. The number of fused-ring (bicyclic) bond motifs is 1. The van der Waals surface area contributed by atoms with Gasteiger partial charge in [0.25, 0.3) is 5.91 Å². The van der Waals surface area contributed by atoms with E-state index in [9.17, 15) is 4.79 Å². The Morgan fingerprint density at radius 1 is 1.07 bits per heavy atom. The Balaban J connectivity index is 0.00000280. The number of hydrogen-bond acceptors (Lipinski definition) is 8. The molecule has 1 saturated heterocycles. The molecular weight excluding hydrogens is 386 g/mol. The molecule has 1 unspecified atom stereocenters. The Bertz CT molecular complexity index is 842. The number of carbonyl (C=O) groups excluding carboxylic acids is 1. The number of rotatable bonds is 5. The number of anilines is 2. The highest BCUT2D eigenvalue weighted by molar-refractivity contribution is 5.91. The molecule has 1 fully saturated rings. The lowest BCUT2D eigenvalue weighted by molar-refractivity contribution is -0.141. The number of nitrogens with zero attached hydrogens (tertiary/aromatic N) is 4. The summed E-state index contributed by atoms with van der Waals surface area (Å²) in [5, 5.41) is 0.708. The lowest BCUT2D eigenvalue weighted by Gasteiger charge is -2.35. The Morgan fingerprint density at radius 2 is 1.68 bits per heavy atom. The average Bonchev–Trinajstić information content (AvgIpc) is 2.71. The van der Waals surface area contributed by atoms with Gasteiger partial charge in [-0.25, -0.2) is 4.98 Å². The van der Waals surface area contributed by atoms with Crippen molar-refractivity contribution in [1.82, 2.24) is 14.9 Å². The van der Waals surface area contributed by atoms with E-state index in [1.165, 1.54) is 7.11 Å². The maximum atomic E-state index is 12.2. The summed E-state index contributed by atoms with van der Waals surface area (Å²) in [4.78, 5) is 25.1. The van der Waals surface area contributed by atoms with E-state index in [1.807, 2.05) is 4.90 Å². The van der Waals surface area contributed by atoms with Crippen molar-refractivity contribution < 1.29 is 19.0 Å². The number of piperazine rings is 1. The van der Waals surface area contributed by atoms with Crippen LogP contribution in [0.1, 0.15) is 6.92 Å². The minimum atomic E-state index is -0.438. The molecule has 2 aromatic rings. The number of halogens is 1. The third-order valence-corrected chi connectivity index (χ3v) is 4.79. The van der Waals surface area contributed by atoms with Gasteiger partial charge in [-0.1, -0.05) is 0 Å². The predicted octanol–water partition coefficient (Wildman–Crippen LogP) is 1.33. The number of methoxy groups -OCH3 is 3. The second kappa shape index (κ2) is 9.11. The maximum Gasteiger partial charge on any atom is 0.251 e. The number of nitrogen functional groups attached to an aromatic ring is 1. The third kappa shape index (κ3) is 4.15. The van der Waals surface area contributed by atoms with Crippen LogP contribution in [0.2, 0.25) is 0 Å². The smallest absolute Gasteiger partial charge is 0.251 e. The van der Waals surface area contributed by atoms with E-state index in [-0.39, 0.29) is 18.3 Å². The molecule has 9 nitrogen and oxygen atoms in total. The molecule has 3 rings (SSSR count). The predicted molar refractivity (Wildman–Crippen MR) is 110 cm³/mol. The maximum absolute atomic E-state index is 12.2. The van der Waals surface area contributed by atoms with Crippen molar-refractivity contribution in [1.29, 1.82) is 0 Å². The number of nitrogens with two attached hydrogens (primary N) is 1. The Kier molecular flexibility index (Phi) is 7.09. The molecule has 1 aliphatic rings. The topological polar surface area (TPSA) is 103 Å². The fraction of sp³-hybridized carbons (Fsp3) is 0.500. The minimum Gasteiger partial charge on any atom is -0.493 e. The molecule has 1 aromatic heterocycles. The first-order chi connectivity index (χ1) is 13.0. The first-order valence-corrected chi connectivity index (χ1v) is 8.74. The molecule has 0 bridgehead atoms. The molecule has 0 spiro atoms. The monoisotopic (exact) mass is 411 g/mol. The van der Waals surface area contributed by atoms with Crippen LogP contribution in [0.25, 0.3) is 10.9 Å². The third-order valence-electron chi connectivity index (χ3n) is 4.79. The Morgan fingerprint density at radius 3 is 2.25 bits per heavy atom. The van der Waals surface area contributed by atoms with Crippen molar-refractivity contribution in [3.8, 4) is 11.5 Å². The van der Waals surface area contributed by atoms with Gasteiger partial charge in [0.15, 0.2) is 11.5 Å². The summed E-state index contributed by atoms with van der Waals surface area (Å²) in [7, 11) is 4.68. The van der Waals surface area contributed by atoms with Crippen molar-refractivity contribution in [2.45, 2.75) is 13.0 Å². The van der Waals surface area contributed by atoms with Crippen LogP contribution in [0.15, 0.2) is 12.1 Å². The summed E-state index contributed by atoms with van der Waals surface area (Å²) in [6, 6.07) is 3.56. The van der Waals surface area contributed by atoms with Gasteiger partial charge in [0.1, 0.15) is 11.9 Å². The van der Waals surface area contributed by atoms with Crippen LogP contribution < -0.4 is 20.1 Å². The van der Waals surface area contributed by atoms with E-state index in [2.05, 4.69) is 9.97 Å². The van der Waals surface area contributed by atoms with Gasteiger partial charge in [0, 0.05) is 44.7 Å². The van der Waals surface area contributed by atoms with Crippen molar-refractivity contribution in [2.75, 3.05) is 58.1 Å². The fourth-order valence-electron chi connectivity index (χ4n) is 3.09. The summed E-state index contributed by atoms with van der Waals surface area (Å²) >= 11 is 0. The second-order valence-electron chi connectivity index (χ2n) is 6.32. The van der Waals surface area contributed by atoms with Crippen LogP contribution in [0.5, 0.6) is 11.5 Å². The highest BCUT2D eigenvalue weighted by Crippen LogP contribution is 2.34. The van der Waals surface area contributed by atoms with E-state index >= 15 is 0 Å². The molecule has 1 atom stereocenters. The standard InChI is InChI=1S/C18H25N5O4.ClH/c1-11(25-2)17(24)22-5-7-23(8-6-22)18-20-13-10-15(27-4)14(26-3)9-12(13)16(19)21-18;/h9-11H,5-8H2,1-4H3,(H2,19,20,21);1H. The molecule has 0 radical (unpaired) electrons. The van der Waals surface area contributed by atoms with Crippen LogP contribution in [0.4, 0.5) is 11.8 Å². The molecule has 1 aromatic carbocycles. The normalized spacial score (nSPS) is 15.1. The van der Waals surface area contributed by atoms with Crippen LogP contribution in [-0.2, 0) is 9.53 Å². The van der Waals surface area contributed by atoms with Gasteiger partial charge in [0.05, 0.1) is 19.7 Å². The van der Waals surface area contributed by atoms with Crippen LogP contribution in [-0.4, -0.2) is 74.4 Å². The zero-order valence-electron chi connectivity index (χ0n) is 16.5. The van der Waals surface area contributed by atoms with Crippen LogP contribution >= 0.6 is 12.4 Å².